The number of hydrogen-bond donors (Lipinski definition) is 13. The minimum absolute atomic E-state index is 0.00187. The minimum atomic E-state index is -1.57. The van der Waals surface area contributed by atoms with E-state index in [1.165, 1.54) is 0 Å². The topological polar surface area (TPSA) is 430 Å². The van der Waals surface area contributed by atoms with Crippen LogP contribution in [-0.4, -0.2) is 139 Å². The second kappa shape index (κ2) is 26.5. The number of nitrogens with two attached hydrogens (primary N) is 5. The summed E-state index contributed by atoms with van der Waals surface area (Å²) >= 11 is 0. The molecule has 0 aliphatic rings. The Kier molecular flexibility index (Phi) is 23.4. The van der Waals surface area contributed by atoms with Crippen molar-refractivity contribution in [3.63, 3.8) is 0 Å². The Morgan fingerprint density at radius 2 is 1.13 bits per heavy atom. The van der Waals surface area contributed by atoms with Crippen LogP contribution < -0.4 is 60.6 Å². The summed E-state index contributed by atoms with van der Waals surface area (Å²) < 4.78 is 4.35. The van der Waals surface area contributed by atoms with Crippen molar-refractivity contribution in [1.82, 2.24) is 31.9 Å². The lowest BCUT2D eigenvalue weighted by Gasteiger charge is -2.20. The van der Waals surface area contributed by atoms with Gasteiger partial charge in [-0.15, -0.1) is 0 Å². The van der Waals surface area contributed by atoms with Gasteiger partial charge in [-0.2, -0.15) is 0 Å². The van der Waals surface area contributed by atoms with E-state index in [-0.39, 0.29) is 76.6 Å². The molecule has 0 radical (unpaired) electrons. The monoisotopic (exact) mass is 759 g/mol. The molecule has 0 aromatic carbocycles. The molecule has 0 aromatic rings. The summed E-state index contributed by atoms with van der Waals surface area (Å²) in [5.41, 5.74) is 26.7. The van der Waals surface area contributed by atoms with Gasteiger partial charge in [-0.05, 0) is 32.1 Å². The second-order valence-electron chi connectivity index (χ2n) is 11.1. The number of rotatable bonds is 28. The fraction of sp³-hybridized carbons (Fsp3) is 0.607. The van der Waals surface area contributed by atoms with E-state index in [2.05, 4.69) is 46.6 Å². The summed E-state index contributed by atoms with van der Waals surface area (Å²) in [4.78, 5) is 115. The number of carbonyl (C=O) groups is 9. The first-order chi connectivity index (χ1) is 25.0. The van der Waals surface area contributed by atoms with Gasteiger partial charge in [0.05, 0.1) is 25.6 Å². The lowest BCUT2D eigenvalue weighted by molar-refractivity contribution is -0.145. The number of carbonyl (C=O) groups excluding carboxylic acids is 7. The number of carboxylic acid groups (broad SMARTS) is 2. The fourth-order valence-corrected chi connectivity index (χ4v) is 4.07. The normalized spacial score (nSPS) is 12.5. The third-order valence-corrected chi connectivity index (χ3v) is 6.62. The number of hydrogen-bond acceptors (Lipinski definition) is 13. The molecule has 4 atom stereocenters. The van der Waals surface area contributed by atoms with E-state index >= 15 is 0 Å². The van der Waals surface area contributed by atoms with Gasteiger partial charge >= 0.3 is 11.9 Å². The molecule has 0 rings (SSSR count). The highest BCUT2D eigenvalue weighted by Gasteiger charge is 2.25. The molecule has 0 spiro atoms. The Morgan fingerprint density at radius 1 is 0.660 bits per heavy atom. The van der Waals surface area contributed by atoms with Crippen LogP contribution in [0.15, 0.2) is 9.98 Å². The third kappa shape index (κ3) is 23.7. The number of aliphatic imine (C=N–C) groups is 2. The Balaban J connectivity index is 5.22. The van der Waals surface area contributed by atoms with Crippen molar-refractivity contribution in [1.29, 1.82) is 0 Å². The van der Waals surface area contributed by atoms with Crippen molar-refractivity contribution in [3.8, 4) is 0 Å². The summed E-state index contributed by atoms with van der Waals surface area (Å²) in [5.74, 6) is -7.81. The first kappa shape index (κ1) is 46.7. The fourth-order valence-electron chi connectivity index (χ4n) is 4.07. The van der Waals surface area contributed by atoms with Gasteiger partial charge in [0.1, 0.15) is 18.7 Å². The molecule has 0 heterocycles. The average molecular weight is 760 g/mol. The molecular weight excluding hydrogens is 710 g/mol. The van der Waals surface area contributed by atoms with Crippen molar-refractivity contribution in [3.05, 3.63) is 0 Å². The lowest BCUT2D eigenvalue weighted by Crippen LogP contribution is -2.52. The highest BCUT2D eigenvalue weighted by molar-refractivity contribution is 5.93. The SMILES string of the molecule is NC(N)=NCCC[C@H](NC(=O)CCCNC(=O)[C@H](CCCN=C(N)N)NC(=O)CNC(=O)[C@@H](N)CC(=O)O)C(=O)NCC(=O)N[C@@H](COC=O)C(=O)O. The first-order valence-corrected chi connectivity index (χ1v) is 16.0. The summed E-state index contributed by atoms with van der Waals surface area (Å²) in [6.45, 7) is -1.73. The van der Waals surface area contributed by atoms with Gasteiger partial charge in [-0.1, -0.05) is 0 Å². The maximum absolute atomic E-state index is 12.9. The Morgan fingerprint density at radius 3 is 1.60 bits per heavy atom. The third-order valence-electron chi connectivity index (χ3n) is 6.62. The van der Waals surface area contributed by atoms with E-state index in [1.54, 1.807) is 0 Å². The van der Waals surface area contributed by atoms with E-state index in [0.717, 1.165) is 0 Å². The maximum Gasteiger partial charge on any atom is 0.329 e. The molecule has 298 valence electrons. The highest BCUT2D eigenvalue weighted by Crippen LogP contribution is 2.02. The average Bonchev–Trinajstić information content (AvgIpc) is 3.08. The molecule has 0 aromatic heterocycles. The van der Waals surface area contributed by atoms with Crippen LogP contribution in [0.1, 0.15) is 44.9 Å². The van der Waals surface area contributed by atoms with E-state index in [0.29, 0.717) is 0 Å². The van der Waals surface area contributed by atoms with E-state index in [9.17, 15) is 43.2 Å². The molecular formula is C28H49N13O12. The zero-order chi connectivity index (χ0) is 40.3. The highest BCUT2D eigenvalue weighted by atomic mass is 16.5. The van der Waals surface area contributed by atoms with Crippen molar-refractivity contribution in [2.75, 3.05) is 39.3 Å². The van der Waals surface area contributed by atoms with Crippen LogP contribution in [0.25, 0.3) is 0 Å². The van der Waals surface area contributed by atoms with Crippen LogP contribution >= 0.6 is 0 Å². The van der Waals surface area contributed by atoms with Gasteiger partial charge in [-0.25, -0.2) is 4.79 Å². The van der Waals surface area contributed by atoms with Gasteiger partial charge in [0.15, 0.2) is 18.0 Å². The summed E-state index contributed by atoms with van der Waals surface area (Å²) in [6, 6.07) is -5.25. The zero-order valence-electron chi connectivity index (χ0n) is 28.8. The predicted molar refractivity (Wildman–Crippen MR) is 184 cm³/mol. The van der Waals surface area contributed by atoms with Gasteiger partial charge < -0.3 is 75.5 Å². The molecule has 6 amide bonds. The molecule has 25 heteroatoms. The van der Waals surface area contributed by atoms with Gasteiger partial charge in [0, 0.05) is 26.1 Å². The number of ether oxygens (including phenoxy) is 1. The van der Waals surface area contributed by atoms with E-state index < -0.39 is 97.7 Å². The van der Waals surface area contributed by atoms with Gasteiger partial charge in [0.2, 0.25) is 35.4 Å². The van der Waals surface area contributed by atoms with Crippen molar-refractivity contribution < 1.29 is 58.1 Å². The zero-order valence-corrected chi connectivity index (χ0v) is 28.8. The lowest BCUT2D eigenvalue weighted by atomic mass is 10.1. The van der Waals surface area contributed by atoms with Crippen molar-refractivity contribution >= 4 is 65.8 Å². The predicted octanol–water partition coefficient (Wildman–Crippen LogP) is -7.26. The van der Waals surface area contributed by atoms with E-state index in [1.807, 2.05) is 0 Å². The van der Waals surface area contributed by atoms with Crippen LogP contribution in [0.4, 0.5) is 0 Å². The van der Waals surface area contributed by atoms with Gasteiger partial charge in [-0.3, -0.25) is 48.3 Å². The molecule has 18 N–H and O–H groups in total. The Hall–Kier alpha value is -6.27. The second-order valence-corrected chi connectivity index (χ2v) is 11.1. The number of nitrogens with zero attached hydrogens (tertiary/aromatic N) is 2. The molecule has 0 saturated carbocycles. The minimum Gasteiger partial charge on any atom is -0.481 e. The number of amides is 6. The van der Waals surface area contributed by atoms with Crippen LogP contribution in [-0.2, 0) is 47.9 Å². The quantitative estimate of drug-likeness (QED) is 0.0152. The Labute approximate surface area is 303 Å². The molecule has 0 fully saturated rings. The molecule has 0 aliphatic heterocycles. The Bertz CT molecular complexity index is 1340. The first-order valence-electron chi connectivity index (χ1n) is 16.0. The summed E-state index contributed by atoms with van der Waals surface area (Å²) in [6.07, 6.45) is -0.168. The summed E-state index contributed by atoms with van der Waals surface area (Å²) in [7, 11) is 0. The van der Waals surface area contributed by atoms with E-state index in [4.69, 9.17) is 38.9 Å². The largest absolute Gasteiger partial charge is 0.481 e. The van der Waals surface area contributed by atoms with Crippen molar-refractivity contribution in [2.45, 2.75) is 69.1 Å². The van der Waals surface area contributed by atoms with Crippen LogP contribution in [0.2, 0.25) is 0 Å². The molecule has 0 aliphatic carbocycles. The molecule has 0 unspecified atom stereocenters. The standard InChI is InChI=1S/C28H49N13O12/c29-15(10-22(46)47)23(48)37-11-20(44)40-16(4-1-8-35-27(30)31)24(49)34-7-3-6-19(43)39-17(5-2-9-36-28(32)33)25(50)38-12-21(45)41-18(26(51)52)13-53-14-42/h14-18H,1-13,29H2,(H,34,49)(H,37,48)(H,38,50)(H,39,43)(H,40,44)(H,41,45)(H,46,47)(H,51,52)(H4,30,31,35)(H4,32,33,36)/t15-,16-,17-,18-/m0/s1. The summed E-state index contributed by atoms with van der Waals surface area (Å²) in [5, 5.41) is 31.9. The van der Waals surface area contributed by atoms with Gasteiger partial charge in [0.25, 0.3) is 6.47 Å². The smallest absolute Gasteiger partial charge is 0.329 e. The maximum atomic E-state index is 12.9. The molecule has 53 heavy (non-hydrogen) atoms. The number of nitrogens with one attached hydrogen (secondary N) is 6. The number of guanidine groups is 2. The molecule has 0 saturated heterocycles. The van der Waals surface area contributed by atoms with Crippen molar-refractivity contribution in [2.24, 2.45) is 38.7 Å². The van der Waals surface area contributed by atoms with Crippen LogP contribution in [0, 0.1) is 0 Å². The number of carboxylic acids is 2. The number of aliphatic carboxylic acids is 2. The molecule has 25 nitrogen and oxygen atoms in total. The molecule has 0 bridgehead atoms. The van der Waals surface area contributed by atoms with Crippen LogP contribution in [0.3, 0.4) is 0 Å². The van der Waals surface area contributed by atoms with Crippen LogP contribution in [0.5, 0.6) is 0 Å².